The Morgan fingerprint density at radius 3 is 3.19 bits per heavy atom. The number of aryl methyl sites for hydroxylation is 1. The lowest BCUT2D eigenvalue weighted by Gasteiger charge is -2.27. The Hall–Kier alpha value is -1.39. The largest absolute Gasteiger partial charge is 0.487 e. The fourth-order valence-corrected chi connectivity index (χ4v) is 3.42. The van der Waals surface area contributed by atoms with Gasteiger partial charge in [-0.15, -0.1) is 11.3 Å². The maximum atomic E-state index is 5.86. The van der Waals surface area contributed by atoms with Gasteiger partial charge in [0.15, 0.2) is 0 Å². The van der Waals surface area contributed by atoms with Gasteiger partial charge >= 0.3 is 0 Å². The minimum absolute atomic E-state index is 0.515. The molecule has 0 spiro atoms. The maximum Gasteiger partial charge on any atom is 0.131 e. The zero-order valence-corrected chi connectivity index (χ0v) is 13.3. The summed E-state index contributed by atoms with van der Waals surface area (Å²) in [5.74, 6) is 0.956. The van der Waals surface area contributed by atoms with E-state index in [-0.39, 0.29) is 0 Å². The van der Waals surface area contributed by atoms with Crippen molar-refractivity contribution in [2.75, 3.05) is 6.54 Å². The molecule has 0 bridgehead atoms. The van der Waals surface area contributed by atoms with Crippen molar-refractivity contribution in [3.8, 4) is 5.75 Å². The lowest BCUT2D eigenvalue weighted by atomic mass is 9.87. The Labute approximate surface area is 130 Å². The van der Waals surface area contributed by atoms with Crippen LogP contribution in [-0.4, -0.2) is 11.5 Å². The molecule has 3 nitrogen and oxygen atoms in total. The number of thiazole rings is 1. The van der Waals surface area contributed by atoms with Crippen molar-refractivity contribution in [1.82, 2.24) is 10.3 Å². The van der Waals surface area contributed by atoms with Gasteiger partial charge in [0.2, 0.25) is 0 Å². The fraction of sp³-hybridized carbons (Fsp3) is 0.471. The van der Waals surface area contributed by atoms with E-state index in [1.165, 1.54) is 30.4 Å². The SMILES string of the molecule is CCCNC1CCCc2cc(OCc3cscn3)ccc21. The Morgan fingerprint density at radius 1 is 1.43 bits per heavy atom. The standard InChI is InChI=1S/C17H22N2OS/c1-2-8-18-17-5-3-4-13-9-15(6-7-16(13)17)20-10-14-11-21-12-19-14/h6-7,9,11-12,17-18H,2-5,8,10H2,1H3. The predicted octanol–water partition coefficient (Wildman–Crippen LogP) is 4.10. The third-order valence-electron chi connectivity index (χ3n) is 3.94. The van der Waals surface area contributed by atoms with Gasteiger partial charge in [-0.2, -0.15) is 0 Å². The smallest absolute Gasteiger partial charge is 0.131 e. The summed E-state index contributed by atoms with van der Waals surface area (Å²) in [5.41, 5.74) is 5.73. The van der Waals surface area contributed by atoms with Crippen molar-refractivity contribution in [3.63, 3.8) is 0 Å². The normalized spacial score (nSPS) is 17.5. The van der Waals surface area contributed by atoms with Gasteiger partial charge in [0.05, 0.1) is 11.2 Å². The molecule has 4 heteroatoms. The first kappa shape index (κ1) is 14.5. The highest BCUT2D eigenvalue weighted by Crippen LogP contribution is 2.32. The number of aromatic nitrogens is 1. The fourth-order valence-electron chi connectivity index (χ4n) is 2.88. The molecule has 0 radical (unpaired) electrons. The lowest BCUT2D eigenvalue weighted by molar-refractivity contribution is 0.301. The van der Waals surface area contributed by atoms with Gasteiger partial charge in [0.25, 0.3) is 0 Å². The van der Waals surface area contributed by atoms with Gasteiger partial charge in [-0.25, -0.2) is 4.98 Å². The van der Waals surface area contributed by atoms with E-state index < -0.39 is 0 Å². The van der Waals surface area contributed by atoms with Crippen molar-refractivity contribution in [2.45, 2.75) is 45.3 Å². The van der Waals surface area contributed by atoms with Crippen LogP contribution in [0.25, 0.3) is 0 Å². The lowest BCUT2D eigenvalue weighted by Crippen LogP contribution is -2.25. The number of nitrogens with one attached hydrogen (secondary N) is 1. The Balaban J connectivity index is 1.68. The summed E-state index contributed by atoms with van der Waals surface area (Å²) in [6.07, 6.45) is 4.84. The molecule has 1 heterocycles. The van der Waals surface area contributed by atoms with Crippen LogP contribution < -0.4 is 10.1 Å². The number of benzene rings is 1. The van der Waals surface area contributed by atoms with E-state index in [0.717, 1.165) is 24.4 Å². The second-order valence-electron chi connectivity index (χ2n) is 5.53. The van der Waals surface area contributed by atoms with Gasteiger partial charge in [-0.3, -0.25) is 0 Å². The van der Waals surface area contributed by atoms with Gasteiger partial charge in [-0.1, -0.05) is 13.0 Å². The number of hydrogen-bond donors (Lipinski definition) is 1. The topological polar surface area (TPSA) is 34.1 Å². The van der Waals surface area contributed by atoms with Crippen LogP contribution in [0.1, 0.15) is 49.0 Å². The maximum absolute atomic E-state index is 5.86. The minimum atomic E-state index is 0.515. The van der Waals surface area contributed by atoms with Crippen molar-refractivity contribution < 1.29 is 4.74 Å². The highest BCUT2D eigenvalue weighted by Gasteiger charge is 2.19. The summed E-state index contributed by atoms with van der Waals surface area (Å²) >= 11 is 1.61. The summed E-state index contributed by atoms with van der Waals surface area (Å²) in [6, 6.07) is 7.05. The second kappa shape index (κ2) is 7.05. The Bertz CT molecular complexity index is 568. The van der Waals surface area contributed by atoms with Crippen LogP contribution in [0.4, 0.5) is 0 Å². The van der Waals surface area contributed by atoms with Crippen molar-refractivity contribution in [1.29, 1.82) is 0 Å². The molecule has 2 aromatic rings. The minimum Gasteiger partial charge on any atom is -0.487 e. The van der Waals surface area contributed by atoms with Crippen molar-refractivity contribution in [2.24, 2.45) is 0 Å². The van der Waals surface area contributed by atoms with Crippen LogP contribution in [0, 0.1) is 0 Å². The summed E-state index contributed by atoms with van der Waals surface area (Å²) in [6.45, 7) is 3.86. The first-order chi connectivity index (χ1) is 10.4. The molecule has 0 fully saturated rings. The van der Waals surface area contributed by atoms with Crippen LogP contribution in [0.15, 0.2) is 29.1 Å². The Morgan fingerprint density at radius 2 is 2.38 bits per heavy atom. The number of hydrogen-bond acceptors (Lipinski definition) is 4. The summed E-state index contributed by atoms with van der Waals surface area (Å²) in [7, 11) is 0. The molecule has 1 atom stereocenters. The van der Waals surface area contributed by atoms with Crippen LogP contribution in [0.3, 0.4) is 0 Å². The molecule has 1 aliphatic rings. The molecule has 0 saturated heterocycles. The molecule has 21 heavy (non-hydrogen) atoms. The molecular weight excluding hydrogens is 280 g/mol. The van der Waals surface area contributed by atoms with E-state index >= 15 is 0 Å². The molecule has 112 valence electrons. The number of rotatable bonds is 6. The summed E-state index contributed by atoms with van der Waals surface area (Å²) in [4.78, 5) is 4.25. The molecule has 1 aromatic carbocycles. The molecule has 1 aliphatic carbocycles. The first-order valence-electron chi connectivity index (χ1n) is 7.73. The van der Waals surface area contributed by atoms with Crippen LogP contribution in [-0.2, 0) is 13.0 Å². The first-order valence-corrected chi connectivity index (χ1v) is 8.67. The summed E-state index contributed by atoms with van der Waals surface area (Å²) in [5, 5.41) is 5.68. The second-order valence-corrected chi connectivity index (χ2v) is 6.25. The van der Waals surface area contributed by atoms with Crippen LogP contribution >= 0.6 is 11.3 Å². The van der Waals surface area contributed by atoms with Gasteiger partial charge in [0.1, 0.15) is 12.4 Å². The molecule has 0 amide bonds. The van der Waals surface area contributed by atoms with E-state index in [9.17, 15) is 0 Å². The van der Waals surface area contributed by atoms with Crippen molar-refractivity contribution >= 4 is 11.3 Å². The molecule has 1 aromatic heterocycles. The number of ether oxygens (including phenoxy) is 1. The molecular formula is C17H22N2OS. The van der Waals surface area contributed by atoms with E-state index in [1.807, 2.05) is 10.9 Å². The average Bonchev–Trinajstić information content (AvgIpc) is 3.04. The van der Waals surface area contributed by atoms with E-state index in [4.69, 9.17) is 4.74 Å². The van der Waals surface area contributed by atoms with Gasteiger partial charge in [0, 0.05) is 11.4 Å². The number of nitrogens with zero attached hydrogens (tertiary/aromatic N) is 1. The van der Waals surface area contributed by atoms with Gasteiger partial charge in [-0.05, 0) is 55.5 Å². The van der Waals surface area contributed by atoms with Crippen LogP contribution in [0.2, 0.25) is 0 Å². The number of fused-ring (bicyclic) bond motifs is 1. The monoisotopic (exact) mass is 302 g/mol. The van der Waals surface area contributed by atoms with Gasteiger partial charge < -0.3 is 10.1 Å². The zero-order chi connectivity index (χ0) is 14.5. The molecule has 1 N–H and O–H groups in total. The molecule has 3 rings (SSSR count). The predicted molar refractivity (Wildman–Crippen MR) is 86.9 cm³/mol. The van der Waals surface area contributed by atoms with E-state index in [2.05, 4.69) is 35.4 Å². The van der Waals surface area contributed by atoms with Crippen LogP contribution in [0.5, 0.6) is 5.75 Å². The third kappa shape index (κ3) is 3.63. The summed E-state index contributed by atoms with van der Waals surface area (Å²) < 4.78 is 5.86. The third-order valence-corrected chi connectivity index (χ3v) is 4.57. The molecule has 1 unspecified atom stereocenters. The van der Waals surface area contributed by atoms with E-state index in [0.29, 0.717) is 12.6 Å². The van der Waals surface area contributed by atoms with E-state index in [1.54, 1.807) is 11.3 Å². The Kier molecular flexibility index (Phi) is 4.88. The quantitative estimate of drug-likeness (QED) is 0.872. The highest BCUT2D eigenvalue weighted by atomic mass is 32.1. The molecule has 0 aliphatic heterocycles. The molecule has 0 saturated carbocycles. The zero-order valence-electron chi connectivity index (χ0n) is 12.5. The highest BCUT2D eigenvalue weighted by molar-refractivity contribution is 7.07. The average molecular weight is 302 g/mol. The van der Waals surface area contributed by atoms with Crippen molar-refractivity contribution in [3.05, 3.63) is 45.9 Å².